The van der Waals surface area contributed by atoms with Gasteiger partial charge in [-0.15, -0.1) is 0 Å². The average Bonchev–Trinajstić information content (AvgIpc) is 2.64. The molecule has 2 aromatic rings. The summed E-state index contributed by atoms with van der Waals surface area (Å²) in [5.74, 6) is 0.506. The van der Waals surface area contributed by atoms with Gasteiger partial charge in [-0.25, -0.2) is 4.39 Å². The van der Waals surface area contributed by atoms with Crippen LogP contribution in [0.4, 0.5) is 4.39 Å². The molecule has 1 aliphatic heterocycles. The van der Waals surface area contributed by atoms with Gasteiger partial charge in [0.15, 0.2) is 0 Å². The van der Waals surface area contributed by atoms with Crippen molar-refractivity contribution in [2.75, 3.05) is 7.05 Å². The molecule has 136 valence electrons. The highest BCUT2D eigenvalue weighted by atomic mass is 19.1. The van der Waals surface area contributed by atoms with Crippen LogP contribution in [-0.2, 0) is 6.42 Å². The van der Waals surface area contributed by atoms with Crippen LogP contribution in [-0.4, -0.2) is 11.9 Å². The van der Waals surface area contributed by atoms with Crippen LogP contribution in [0.15, 0.2) is 60.8 Å². The first-order valence-electron chi connectivity index (χ1n) is 9.46. The molecule has 2 heteroatoms. The van der Waals surface area contributed by atoms with Crippen molar-refractivity contribution in [3.8, 4) is 0 Å². The Morgan fingerprint density at radius 1 is 1.15 bits per heavy atom. The first-order valence-corrected chi connectivity index (χ1v) is 9.46. The molecular weight excluding hydrogens is 321 g/mol. The fraction of sp³-hybridized carbons (Fsp3) is 0.333. The molecule has 0 aromatic heterocycles. The number of hydrogen-bond donors (Lipinski definition) is 0. The number of rotatable bonds is 5. The van der Waals surface area contributed by atoms with E-state index in [4.69, 9.17) is 0 Å². The number of benzene rings is 2. The van der Waals surface area contributed by atoms with Crippen molar-refractivity contribution in [3.05, 3.63) is 88.9 Å². The summed E-state index contributed by atoms with van der Waals surface area (Å²) in [6.07, 6.45) is 8.43. The van der Waals surface area contributed by atoms with Crippen LogP contribution in [0.2, 0.25) is 0 Å². The van der Waals surface area contributed by atoms with Crippen LogP contribution in [0, 0.1) is 18.7 Å². The molecule has 2 aromatic carbocycles. The van der Waals surface area contributed by atoms with Crippen LogP contribution in [0.3, 0.4) is 0 Å². The van der Waals surface area contributed by atoms with Gasteiger partial charge in [0, 0.05) is 12.6 Å². The molecule has 0 fully saturated rings. The summed E-state index contributed by atoms with van der Waals surface area (Å²) >= 11 is 0. The molecule has 0 aliphatic carbocycles. The van der Waals surface area contributed by atoms with Crippen molar-refractivity contribution in [3.63, 3.8) is 0 Å². The Hall–Kier alpha value is -2.35. The zero-order valence-electron chi connectivity index (χ0n) is 16.2. The van der Waals surface area contributed by atoms with E-state index in [9.17, 15) is 4.39 Å². The highest BCUT2D eigenvalue weighted by molar-refractivity contribution is 5.74. The topological polar surface area (TPSA) is 3.24 Å². The lowest BCUT2D eigenvalue weighted by atomic mass is 9.87. The second-order valence-corrected chi connectivity index (χ2v) is 7.41. The van der Waals surface area contributed by atoms with Crippen LogP contribution < -0.4 is 0 Å². The molecule has 0 amide bonds. The minimum atomic E-state index is -0.155. The van der Waals surface area contributed by atoms with Crippen molar-refractivity contribution in [1.82, 2.24) is 4.90 Å². The Morgan fingerprint density at radius 2 is 1.92 bits per heavy atom. The van der Waals surface area contributed by atoms with Crippen molar-refractivity contribution in [2.24, 2.45) is 5.92 Å². The summed E-state index contributed by atoms with van der Waals surface area (Å²) in [6, 6.07) is 13.6. The van der Waals surface area contributed by atoms with Gasteiger partial charge in [-0.2, -0.15) is 0 Å². The maximum atomic E-state index is 14.5. The van der Waals surface area contributed by atoms with Crippen LogP contribution in [0.25, 0.3) is 5.57 Å². The predicted molar refractivity (Wildman–Crippen MR) is 108 cm³/mol. The minimum absolute atomic E-state index is 0.111. The average molecular weight is 349 g/mol. The van der Waals surface area contributed by atoms with Crippen LogP contribution in [0.5, 0.6) is 0 Å². The highest BCUT2D eigenvalue weighted by Crippen LogP contribution is 2.38. The Kier molecular flexibility index (Phi) is 5.61. The van der Waals surface area contributed by atoms with E-state index in [0.29, 0.717) is 5.92 Å². The van der Waals surface area contributed by atoms with Gasteiger partial charge in [0.25, 0.3) is 0 Å². The monoisotopic (exact) mass is 349 g/mol. The maximum Gasteiger partial charge on any atom is 0.128 e. The normalized spacial score (nSPS) is 18.0. The molecule has 3 rings (SSSR count). The fourth-order valence-electron chi connectivity index (χ4n) is 3.61. The van der Waals surface area contributed by atoms with E-state index >= 15 is 0 Å². The molecule has 1 nitrogen and oxygen atoms in total. The second kappa shape index (κ2) is 7.90. The molecule has 26 heavy (non-hydrogen) atoms. The second-order valence-electron chi connectivity index (χ2n) is 7.41. The van der Waals surface area contributed by atoms with E-state index in [0.717, 1.165) is 17.6 Å². The van der Waals surface area contributed by atoms with Gasteiger partial charge in [0.2, 0.25) is 0 Å². The summed E-state index contributed by atoms with van der Waals surface area (Å²) in [4.78, 5) is 2.09. The predicted octanol–water partition coefficient (Wildman–Crippen LogP) is 6.31. The Balaban J connectivity index is 2.03. The summed E-state index contributed by atoms with van der Waals surface area (Å²) < 4.78 is 14.5. The number of halogens is 1. The van der Waals surface area contributed by atoms with Crippen molar-refractivity contribution >= 4 is 5.57 Å². The van der Waals surface area contributed by atoms with Gasteiger partial charge < -0.3 is 4.90 Å². The van der Waals surface area contributed by atoms with Crippen LogP contribution >= 0.6 is 0 Å². The van der Waals surface area contributed by atoms with Gasteiger partial charge in [-0.3, -0.25) is 0 Å². The summed E-state index contributed by atoms with van der Waals surface area (Å²) in [5, 5.41) is 0. The molecule has 0 spiro atoms. The van der Waals surface area contributed by atoms with E-state index in [1.54, 1.807) is 12.1 Å². The molecular formula is C24H28FN. The fourth-order valence-corrected chi connectivity index (χ4v) is 3.61. The Morgan fingerprint density at radius 3 is 2.65 bits per heavy atom. The zero-order valence-corrected chi connectivity index (χ0v) is 16.2. The standard InChI is InChI=1S/C24H28FN/c1-5-17(2)15-20-16-19(13-12-18(20)3)21-10-8-14-26(4)24(21)22-9-6-7-11-23(22)25/h6-14,16-17,24H,5,15H2,1-4H3. The third-order valence-electron chi connectivity index (χ3n) is 5.45. The number of aryl methyl sites for hydroxylation is 1. The van der Waals surface area contributed by atoms with E-state index in [2.05, 4.69) is 49.9 Å². The Bertz CT molecular complexity index is 834. The van der Waals surface area contributed by atoms with Gasteiger partial charge in [-0.1, -0.05) is 62.7 Å². The lowest BCUT2D eigenvalue weighted by Crippen LogP contribution is -2.23. The molecule has 0 N–H and O–H groups in total. The number of nitrogens with zero attached hydrogens (tertiary/aromatic N) is 1. The smallest absolute Gasteiger partial charge is 0.128 e. The quantitative estimate of drug-likeness (QED) is 0.611. The third kappa shape index (κ3) is 3.75. The lowest BCUT2D eigenvalue weighted by molar-refractivity contribution is 0.388. The van der Waals surface area contributed by atoms with E-state index in [1.165, 1.54) is 23.1 Å². The molecule has 2 unspecified atom stereocenters. The van der Waals surface area contributed by atoms with Crippen molar-refractivity contribution < 1.29 is 4.39 Å². The molecule has 2 atom stereocenters. The van der Waals surface area contributed by atoms with E-state index in [-0.39, 0.29) is 11.9 Å². The van der Waals surface area contributed by atoms with Gasteiger partial charge in [0.1, 0.15) is 5.82 Å². The van der Waals surface area contributed by atoms with Crippen molar-refractivity contribution in [1.29, 1.82) is 0 Å². The summed E-state index contributed by atoms with van der Waals surface area (Å²) in [6.45, 7) is 6.71. The molecule has 0 radical (unpaired) electrons. The Labute approximate surface area is 156 Å². The van der Waals surface area contributed by atoms with E-state index < -0.39 is 0 Å². The van der Waals surface area contributed by atoms with Crippen LogP contribution in [0.1, 0.15) is 48.6 Å². The number of allylic oxidation sites excluding steroid dienone is 2. The van der Waals surface area contributed by atoms with E-state index in [1.807, 2.05) is 31.5 Å². The molecule has 1 aliphatic rings. The molecule has 0 saturated carbocycles. The third-order valence-corrected chi connectivity index (χ3v) is 5.45. The highest BCUT2D eigenvalue weighted by Gasteiger charge is 2.25. The SMILES string of the molecule is CCC(C)Cc1cc(C2=CC=CN(C)C2c2ccccc2F)ccc1C. The first-order chi connectivity index (χ1) is 12.5. The molecule has 0 saturated heterocycles. The number of likely N-dealkylation sites (N-methyl/N-ethyl adjacent to an activating group) is 1. The minimum Gasteiger partial charge on any atom is -0.369 e. The van der Waals surface area contributed by atoms with Gasteiger partial charge >= 0.3 is 0 Å². The summed E-state index contributed by atoms with van der Waals surface area (Å²) in [5.41, 5.74) is 5.76. The summed E-state index contributed by atoms with van der Waals surface area (Å²) in [7, 11) is 2.01. The lowest BCUT2D eigenvalue weighted by Gasteiger charge is -2.33. The van der Waals surface area contributed by atoms with Crippen molar-refractivity contribution in [2.45, 2.75) is 39.7 Å². The maximum absolute atomic E-state index is 14.5. The molecule has 0 bridgehead atoms. The van der Waals surface area contributed by atoms with Gasteiger partial charge in [0.05, 0.1) is 6.04 Å². The molecule has 1 heterocycles. The van der Waals surface area contributed by atoms with Gasteiger partial charge in [-0.05, 0) is 59.9 Å². The zero-order chi connectivity index (χ0) is 18.7. The largest absolute Gasteiger partial charge is 0.369 e. The number of hydrogen-bond acceptors (Lipinski definition) is 1. The first kappa shape index (κ1) is 18.4.